The fourth-order valence-corrected chi connectivity index (χ4v) is 4.24. The van der Waals surface area contributed by atoms with Crippen molar-refractivity contribution in [3.8, 4) is 0 Å². The molecule has 0 aliphatic heterocycles. The summed E-state index contributed by atoms with van der Waals surface area (Å²) in [5.41, 5.74) is 0. The van der Waals surface area contributed by atoms with Gasteiger partial charge in [-0.1, -0.05) is 13.0 Å². The molecule has 0 rings (SSSR count). The fourth-order valence-electron chi connectivity index (χ4n) is 1.15. The molecule has 12 heavy (non-hydrogen) atoms. The van der Waals surface area contributed by atoms with E-state index in [0.717, 1.165) is 12.5 Å². The standard InChI is InChI=1S/C8H17ClO2Si/c1-5-7-12(10-3,11-4)8(9)6-2/h5,8H,1,6-7H2,2-4H3. The first-order chi connectivity index (χ1) is 5.66. The summed E-state index contributed by atoms with van der Waals surface area (Å²) in [6.07, 6.45) is 2.67. The van der Waals surface area contributed by atoms with Gasteiger partial charge in [-0.25, -0.2) is 0 Å². The molecular weight excluding hydrogens is 192 g/mol. The van der Waals surface area contributed by atoms with Gasteiger partial charge >= 0.3 is 8.56 Å². The summed E-state index contributed by atoms with van der Waals surface area (Å²) in [6.45, 7) is 5.70. The van der Waals surface area contributed by atoms with Crippen molar-refractivity contribution in [2.24, 2.45) is 0 Å². The lowest BCUT2D eigenvalue weighted by molar-refractivity contribution is 0.241. The molecule has 0 aromatic heterocycles. The van der Waals surface area contributed by atoms with Gasteiger partial charge in [0, 0.05) is 20.3 Å². The Balaban J connectivity index is 4.43. The monoisotopic (exact) mass is 208 g/mol. The first-order valence-corrected chi connectivity index (χ1v) is 6.55. The van der Waals surface area contributed by atoms with Crippen LogP contribution < -0.4 is 0 Å². The van der Waals surface area contributed by atoms with Crippen LogP contribution in [0, 0.1) is 0 Å². The lowest BCUT2D eigenvalue weighted by atomic mass is 10.6. The van der Waals surface area contributed by atoms with E-state index in [1.54, 1.807) is 14.2 Å². The van der Waals surface area contributed by atoms with Crippen LogP contribution >= 0.6 is 11.6 Å². The van der Waals surface area contributed by atoms with Crippen molar-refractivity contribution in [1.29, 1.82) is 0 Å². The lowest BCUT2D eigenvalue weighted by Gasteiger charge is -2.29. The van der Waals surface area contributed by atoms with Crippen LogP contribution in [0.3, 0.4) is 0 Å². The molecule has 0 aliphatic carbocycles. The molecule has 4 heteroatoms. The van der Waals surface area contributed by atoms with Crippen LogP contribution in [0.4, 0.5) is 0 Å². The zero-order valence-corrected chi connectivity index (χ0v) is 9.73. The van der Waals surface area contributed by atoms with Crippen LogP contribution in [0.5, 0.6) is 0 Å². The zero-order valence-electron chi connectivity index (χ0n) is 7.97. The maximum absolute atomic E-state index is 6.13. The van der Waals surface area contributed by atoms with Gasteiger partial charge in [-0.2, -0.15) is 0 Å². The SMILES string of the molecule is C=CC[Si](OC)(OC)C(Cl)CC. The molecule has 0 saturated carbocycles. The Bertz CT molecular complexity index is 137. The van der Waals surface area contributed by atoms with Gasteiger partial charge in [0.2, 0.25) is 0 Å². The van der Waals surface area contributed by atoms with E-state index in [4.69, 9.17) is 20.5 Å². The molecule has 0 aromatic carbocycles. The highest BCUT2D eigenvalue weighted by Crippen LogP contribution is 2.23. The van der Waals surface area contributed by atoms with Gasteiger partial charge in [-0.3, -0.25) is 0 Å². The van der Waals surface area contributed by atoms with Crippen molar-refractivity contribution in [3.05, 3.63) is 12.7 Å². The van der Waals surface area contributed by atoms with Crippen LogP contribution in [0.25, 0.3) is 0 Å². The molecule has 0 heterocycles. The van der Waals surface area contributed by atoms with E-state index < -0.39 is 8.56 Å². The molecule has 0 fully saturated rings. The lowest BCUT2D eigenvalue weighted by Crippen LogP contribution is -2.48. The molecule has 0 saturated heterocycles. The van der Waals surface area contributed by atoms with Crippen molar-refractivity contribution in [2.45, 2.75) is 24.4 Å². The zero-order chi connectivity index (χ0) is 9.61. The average molecular weight is 209 g/mol. The average Bonchev–Trinajstić information content (AvgIpc) is 2.13. The second kappa shape index (κ2) is 5.75. The van der Waals surface area contributed by atoms with Crippen molar-refractivity contribution < 1.29 is 8.85 Å². The second-order valence-electron chi connectivity index (χ2n) is 2.59. The summed E-state index contributed by atoms with van der Waals surface area (Å²) in [5, 5.41) is -0.00880. The molecule has 72 valence electrons. The van der Waals surface area contributed by atoms with Gasteiger partial charge in [0.15, 0.2) is 0 Å². The Morgan fingerprint density at radius 3 is 2.25 bits per heavy atom. The maximum atomic E-state index is 6.13. The van der Waals surface area contributed by atoms with Gasteiger partial charge in [0.05, 0.1) is 5.00 Å². The van der Waals surface area contributed by atoms with Crippen molar-refractivity contribution >= 4 is 20.2 Å². The third kappa shape index (κ3) is 2.59. The third-order valence-corrected chi connectivity index (χ3v) is 6.86. The summed E-state index contributed by atoms with van der Waals surface area (Å²) in [6, 6.07) is 0.738. The van der Waals surface area contributed by atoms with Crippen molar-refractivity contribution in [2.75, 3.05) is 14.2 Å². The Hall–Kier alpha value is 0.167. The van der Waals surface area contributed by atoms with Gasteiger partial charge in [0.1, 0.15) is 0 Å². The van der Waals surface area contributed by atoms with Crippen molar-refractivity contribution in [1.82, 2.24) is 0 Å². The highest BCUT2D eigenvalue weighted by molar-refractivity contribution is 6.76. The van der Waals surface area contributed by atoms with E-state index in [-0.39, 0.29) is 5.00 Å². The number of allylic oxidation sites excluding steroid dienone is 1. The van der Waals surface area contributed by atoms with Gasteiger partial charge in [0.25, 0.3) is 0 Å². The van der Waals surface area contributed by atoms with Crippen LogP contribution in [0.2, 0.25) is 6.04 Å². The molecule has 1 atom stereocenters. The summed E-state index contributed by atoms with van der Waals surface area (Å²) in [7, 11) is 1.11. The number of halogens is 1. The van der Waals surface area contributed by atoms with Crippen LogP contribution in [0.15, 0.2) is 12.7 Å². The minimum Gasteiger partial charge on any atom is -0.397 e. The largest absolute Gasteiger partial charge is 0.397 e. The Morgan fingerprint density at radius 1 is 1.50 bits per heavy atom. The Kier molecular flexibility index (Phi) is 5.83. The number of alkyl halides is 1. The summed E-state index contributed by atoms with van der Waals surface area (Å²) in [5.74, 6) is 0. The van der Waals surface area contributed by atoms with E-state index in [9.17, 15) is 0 Å². The minimum absolute atomic E-state index is 0.00880. The fraction of sp³-hybridized carbons (Fsp3) is 0.750. The quantitative estimate of drug-likeness (QED) is 0.379. The molecule has 0 amide bonds. The molecule has 2 nitrogen and oxygen atoms in total. The molecule has 0 aromatic rings. The topological polar surface area (TPSA) is 18.5 Å². The van der Waals surface area contributed by atoms with E-state index in [2.05, 4.69) is 6.58 Å². The molecule has 0 spiro atoms. The first-order valence-electron chi connectivity index (χ1n) is 4.02. The molecule has 0 bridgehead atoms. The highest BCUT2D eigenvalue weighted by atomic mass is 35.5. The summed E-state index contributed by atoms with van der Waals surface area (Å²) >= 11 is 6.13. The van der Waals surface area contributed by atoms with Crippen LogP contribution in [-0.2, 0) is 8.85 Å². The van der Waals surface area contributed by atoms with E-state index in [1.807, 2.05) is 13.0 Å². The minimum atomic E-state index is -2.20. The second-order valence-corrected chi connectivity index (χ2v) is 7.03. The van der Waals surface area contributed by atoms with Crippen molar-refractivity contribution in [3.63, 3.8) is 0 Å². The van der Waals surface area contributed by atoms with E-state index in [0.29, 0.717) is 0 Å². The Morgan fingerprint density at radius 2 is 2.00 bits per heavy atom. The highest BCUT2D eigenvalue weighted by Gasteiger charge is 2.41. The van der Waals surface area contributed by atoms with Crippen LogP contribution in [-0.4, -0.2) is 27.8 Å². The number of hydrogen-bond acceptors (Lipinski definition) is 2. The first kappa shape index (κ1) is 12.2. The predicted octanol–water partition coefficient (Wildman–Crippen LogP) is 2.46. The summed E-state index contributed by atoms with van der Waals surface area (Å²) < 4.78 is 10.8. The molecule has 0 N–H and O–H groups in total. The number of hydrogen-bond donors (Lipinski definition) is 0. The third-order valence-electron chi connectivity index (χ3n) is 1.96. The molecule has 0 radical (unpaired) electrons. The molecular formula is C8H17ClO2Si. The van der Waals surface area contributed by atoms with Gasteiger partial charge in [-0.15, -0.1) is 18.2 Å². The number of rotatable bonds is 6. The van der Waals surface area contributed by atoms with E-state index >= 15 is 0 Å². The molecule has 1 unspecified atom stereocenters. The van der Waals surface area contributed by atoms with Crippen LogP contribution in [0.1, 0.15) is 13.3 Å². The molecule has 0 aliphatic rings. The van der Waals surface area contributed by atoms with Gasteiger partial charge in [-0.05, 0) is 6.42 Å². The van der Waals surface area contributed by atoms with Gasteiger partial charge < -0.3 is 8.85 Å². The normalized spacial score (nSPS) is 14.3. The van der Waals surface area contributed by atoms with E-state index in [1.165, 1.54) is 0 Å². The summed E-state index contributed by atoms with van der Waals surface area (Å²) in [4.78, 5) is 0. The Labute approximate surface area is 80.8 Å². The predicted molar refractivity (Wildman–Crippen MR) is 54.7 cm³/mol. The smallest absolute Gasteiger partial charge is 0.359 e. The maximum Gasteiger partial charge on any atom is 0.359 e.